The molecule has 0 saturated heterocycles. The van der Waals surface area contributed by atoms with Crippen LogP contribution >= 0.6 is 0 Å². The zero-order valence-electron chi connectivity index (χ0n) is 15.0. The molecule has 0 saturated carbocycles. The molecular formula is C19H27NO4. The number of hydrogen-bond donors (Lipinski definition) is 1. The van der Waals surface area contributed by atoms with E-state index in [0.29, 0.717) is 19.4 Å². The van der Waals surface area contributed by atoms with Crippen molar-refractivity contribution in [3.8, 4) is 11.5 Å². The van der Waals surface area contributed by atoms with Gasteiger partial charge in [-0.15, -0.1) is 0 Å². The zero-order chi connectivity index (χ0) is 17.7. The summed E-state index contributed by atoms with van der Waals surface area (Å²) >= 11 is 0. The first-order chi connectivity index (χ1) is 11.5. The fourth-order valence-electron chi connectivity index (χ4n) is 3.04. The molecule has 1 aromatic rings. The van der Waals surface area contributed by atoms with Crippen LogP contribution in [0.3, 0.4) is 0 Å². The van der Waals surface area contributed by atoms with Crippen LogP contribution in [-0.2, 0) is 16.0 Å². The van der Waals surface area contributed by atoms with E-state index in [4.69, 9.17) is 9.47 Å². The molecule has 0 fully saturated rings. The Morgan fingerprint density at radius 2 is 2.04 bits per heavy atom. The molecule has 1 aliphatic rings. The van der Waals surface area contributed by atoms with E-state index in [2.05, 4.69) is 12.2 Å². The van der Waals surface area contributed by atoms with Crippen molar-refractivity contribution in [1.82, 2.24) is 5.32 Å². The van der Waals surface area contributed by atoms with E-state index in [1.165, 1.54) is 5.56 Å². The van der Waals surface area contributed by atoms with E-state index in [9.17, 15) is 9.59 Å². The third kappa shape index (κ3) is 4.08. The fourth-order valence-corrected chi connectivity index (χ4v) is 3.04. The second-order valence-electron chi connectivity index (χ2n) is 6.43. The van der Waals surface area contributed by atoms with Crippen molar-refractivity contribution >= 4 is 12.2 Å². The van der Waals surface area contributed by atoms with Crippen LogP contribution < -0.4 is 14.8 Å². The Hall–Kier alpha value is -2.04. The molecule has 132 valence electrons. The van der Waals surface area contributed by atoms with Crippen LogP contribution in [0.15, 0.2) is 0 Å². The number of rotatable bonds is 7. The normalized spacial score (nSPS) is 16.1. The van der Waals surface area contributed by atoms with Crippen LogP contribution in [0.4, 0.5) is 0 Å². The lowest BCUT2D eigenvalue weighted by Gasteiger charge is -2.29. The molecule has 1 aromatic carbocycles. The van der Waals surface area contributed by atoms with Crippen molar-refractivity contribution in [3.63, 3.8) is 0 Å². The maximum Gasteiger partial charge on any atom is 0.257 e. The third-order valence-electron chi connectivity index (χ3n) is 4.60. The minimum absolute atomic E-state index is 0.0156. The molecular weight excluding hydrogens is 306 g/mol. The SMILES string of the molecule is Cc1c(C)c2c(c(C)c1OCC(=O)NCCCC=O)CCC(C)O2. The molecule has 0 aliphatic carbocycles. The van der Waals surface area contributed by atoms with Gasteiger partial charge < -0.3 is 19.6 Å². The van der Waals surface area contributed by atoms with Crippen molar-refractivity contribution in [1.29, 1.82) is 0 Å². The highest BCUT2D eigenvalue weighted by atomic mass is 16.5. The van der Waals surface area contributed by atoms with E-state index in [-0.39, 0.29) is 18.6 Å². The predicted octanol–water partition coefficient (Wildman–Crippen LogP) is 2.80. The molecule has 0 bridgehead atoms. The Bertz CT molecular complexity index is 625. The first-order valence-electron chi connectivity index (χ1n) is 8.58. The van der Waals surface area contributed by atoms with Gasteiger partial charge in [-0.1, -0.05) is 0 Å². The molecule has 0 radical (unpaired) electrons. The second-order valence-corrected chi connectivity index (χ2v) is 6.43. The summed E-state index contributed by atoms with van der Waals surface area (Å²) in [6, 6.07) is 0. The summed E-state index contributed by atoms with van der Waals surface area (Å²) in [5.74, 6) is 1.60. The summed E-state index contributed by atoms with van der Waals surface area (Å²) in [6.07, 6.45) is 4.17. The Kier molecular flexibility index (Phi) is 6.23. The minimum Gasteiger partial charge on any atom is -0.490 e. The molecule has 1 atom stereocenters. The lowest BCUT2D eigenvalue weighted by atomic mass is 9.92. The predicted molar refractivity (Wildman–Crippen MR) is 92.9 cm³/mol. The molecule has 0 aromatic heterocycles. The Morgan fingerprint density at radius 1 is 1.29 bits per heavy atom. The van der Waals surface area contributed by atoms with Crippen LogP contribution in [-0.4, -0.2) is 31.4 Å². The standard InChI is InChI=1S/C19H27NO4/c1-12-7-8-16-15(4)18(13(2)14(3)19(16)24-12)23-11-17(22)20-9-5-6-10-21/h10,12H,5-9,11H2,1-4H3,(H,20,22). The van der Waals surface area contributed by atoms with Crippen molar-refractivity contribution in [2.45, 2.75) is 59.5 Å². The summed E-state index contributed by atoms with van der Waals surface area (Å²) in [5, 5.41) is 2.76. The van der Waals surface area contributed by atoms with Crippen molar-refractivity contribution in [2.24, 2.45) is 0 Å². The molecule has 1 heterocycles. The molecule has 5 heteroatoms. The van der Waals surface area contributed by atoms with Gasteiger partial charge in [0.05, 0.1) is 6.10 Å². The number of carbonyl (C=O) groups is 2. The molecule has 1 aliphatic heterocycles. The number of fused-ring (bicyclic) bond motifs is 1. The zero-order valence-corrected chi connectivity index (χ0v) is 15.0. The molecule has 5 nitrogen and oxygen atoms in total. The lowest BCUT2D eigenvalue weighted by molar-refractivity contribution is -0.123. The average molecular weight is 333 g/mol. The van der Waals surface area contributed by atoms with Gasteiger partial charge in [-0.2, -0.15) is 0 Å². The van der Waals surface area contributed by atoms with Gasteiger partial charge in [-0.25, -0.2) is 0 Å². The van der Waals surface area contributed by atoms with Crippen LogP contribution in [0.1, 0.15) is 48.4 Å². The van der Waals surface area contributed by atoms with Gasteiger partial charge in [0.15, 0.2) is 6.61 Å². The van der Waals surface area contributed by atoms with E-state index in [1.54, 1.807) is 0 Å². The number of amides is 1. The van der Waals surface area contributed by atoms with Gasteiger partial charge in [-0.05, 0) is 63.6 Å². The second kappa shape index (κ2) is 8.18. The van der Waals surface area contributed by atoms with Gasteiger partial charge in [0.2, 0.25) is 0 Å². The quantitative estimate of drug-likeness (QED) is 0.615. The monoisotopic (exact) mass is 333 g/mol. The summed E-state index contributed by atoms with van der Waals surface area (Å²) in [4.78, 5) is 22.1. The first-order valence-corrected chi connectivity index (χ1v) is 8.58. The smallest absolute Gasteiger partial charge is 0.257 e. The Labute approximate surface area is 143 Å². The van der Waals surface area contributed by atoms with Gasteiger partial charge in [0.25, 0.3) is 5.91 Å². The summed E-state index contributed by atoms with van der Waals surface area (Å²) in [5.41, 5.74) is 4.36. The molecule has 1 amide bonds. The number of benzene rings is 1. The van der Waals surface area contributed by atoms with Gasteiger partial charge >= 0.3 is 0 Å². The van der Waals surface area contributed by atoms with Crippen LogP contribution in [0.5, 0.6) is 11.5 Å². The molecule has 2 rings (SSSR count). The number of nitrogens with one attached hydrogen (secondary N) is 1. The van der Waals surface area contributed by atoms with Gasteiger partial charge in [0.1, 0.15) is 17.8 Å². The molecule has 1 N–H and O–H groups in total. The van der Waals surface area contributed by atoms with Crippen LogP contribution in [0.25, 0.3) is 0 Å². The fraction of sp³-hybridized carbons (Fsp3) is 0.579. The van der Waals surface area contributed by atoms with Crippen molar-refractivity contribution in [3.05, 3.63) is 22.3 Å². The largest absolute Gasteiger partial charge is 0.490 e. The Morgan fingerprint density at radius 3 is 2.75 bits per heavy atom. The lowest BCUT2D eigenvalue weighted by Crippen LogP contribution is -2.30. The number of aldehydes is 1. The molecule has 0 spiro atoms. The average Bonchev–Trinajstić information content (AvgIpc) is 2.56. The number of ether oxygens (including phenoxy) is 2. The first kappa shape index (κ1) is 18.3. The third-order valence-corrected chi connectivity index (χ3v) is 4.60. The topological polar surface area (TPSA) is 64.6 Å². The molecule has 24 heavy (non-hydrogen) atoms. The van der Waals surface area contributed by atoms with Crippen molar-refractivity contribution < 1.29 is 19.1 Å². The van der Waals surface area contributed by atoms with Gasteiger partial charge in [0, 0.05) is 18.5 Å². The highest BCUT2D eigenvalue weighted by Gasteiger charge is 2.25. The highest BCUT2D eigenvalue weighted by Crippen LogP contribution is 2.41. The van der Waals surface area contributed by atoms with Crippen molar-refractivity contribution in [2.75, 3.05) is 13.2 Å². The number of carbonyl (C=O) groups excluding carboxylic acids is 2. The van der Waals surface area contributed by atoms with E-state index in [0.717, 1.165) is 47.3 Å². The highest BCUT2D eigenvalue weighted by molar-refractivity contribution is 5.77. The number of hydrogen-bond acceptors (Lipinski definition) is 4. The van der Waals surface area contributed by atoms with Gasteiger partial charge in [-0.3, -0.25) is 4.79 Å². The number of unbranched alkanes of at least 4 members (excludes halogenated alkanes) is 1. The summed E-state index contributed by atoms with van der Waals surface area (Å²) in [6.45, 7) is 8.64. The maximum atomic E-state index is 11.9. The molecule has 1 unspecified atom stereocenters. The van der Waals surface area contributed by atoms with Crippen LogP contribution in [0, 0.1) is 20.8 Å². The van der Waals surface area contributed by atoms with E-state index >= 15 is 0 Å². The van der Waals surface area contributed by atoms with E-state index < -0.39 is 0 Å². The Balaban J connectivity index is 2.07. The van der Waals surface area contributed by atoms with Crippen LogP contribution in [0.2, 0.25) is 0 Å². The summed E-state index contributed by atoms with van der Waals surface area (Å²) in [7, 11) is 0. The maximum absolute atomic E-state index is 11.9. The minimum atomic E-state index is -0.167. The summed E-state index contributed by atoms with van der Waals surface area (Å²) < 4.78 is 11.8. The van der Waals surface area contributed by atoms with E-state index in [1.807, 2.05) is 20.8 Å².